The lowest BCUT2D eigenvalue weighted by atomic mass is 10.1. The highest BCUT2D eigenvalue weighted by atomic mass is 127. The predicted octanol–water partition coefficient (Wildman–Crippen LogP) is 3.10. The number of ether oxygens (including phenoxy) is 1. The van der Waals surface area contributed by atoms with Crippen LogP contribution in [-0.4, -0.2) is 33.3 Å². The van der Waals surface area contributed by atoms with Crippen LogP contribution >= 0.6 is 33.9 Å². The van der Waals surface area contributed by atoms with Gasteiger partial charge in [0.05, 0.1) is 21.9 Å². The summed E-state index contributed by atoms with van der Waals surface area (Å²) >= 11 is 3.33. The minimum absolute atomic E-state index is 0.170. The van der Waals surface area contributed by atoms with Gasteiger partial charge in [-0.05, 0) is 74.0 Å². The van der Waals surface area contributed by atoms with Crippen LogP contribution in [0.15, 0.2) is 27.8 Å². The van der Waals surface area contributed by atoms with Crippen molar-refractivity contribution in [3.05, 3.63) is 58.9 Å². The van der Waals surface area contributed by atoms with Gasteiger partial charge in [-0.2, -0.15) is 0 Å². The first-order chi connectivity index (χ1) is 15.5. The Balaban J connectivity index is 2.22. The lowest BCUT2D eigenvalue weighted by Crippen LogP contribution is -2.47. The number of amides is 1. The summed E-state index contributed by atoms with van der Waals surface area (Å²) in [6, 6.07) is 2.50. The molecule has 3 aromatic rings. The number of aliphatic hydroxyl groups excluding tert-OH is 1. The van der Waals surface area contributed by atoms with E-state index in [0.717, 1.165) is 13.5 Å². The summed E-state index contributed by atoms with van der Waals surface area (Å²) in [7, 11) is 1.40. The summed E-state index contributed by atoms with van der Waals surface area (Å²) < 4.78 is 22.1. The molecule has 0 radical (unpaired) electrons. The Morgan fingerprint density at radius 2 is 1.97 bits per heavy atom. The highest BCUT2D eigenvalue weighted by Gasteiger charge is 2.27. The quantitative estimate of drug-likeness (QED) is 0.413. The van der Waals surface area contributed by atoms with E-state index in [2.05, 4.69) is 27.9 Å². The van der Waals surface area contributed by atoms with E-state index in [4.69, 9.17) is 4.74 Å². The average Bonchev–Trinajstić information content (AvgIpc) is 3.04. The van der Waals surface area contributed by atoms with Gasteiger partial charge >= 0.3 is 5.69 Å². The molecule has 0 fully saturated rings. The molecule has 0 aliphatic carbocycles. The summed E-state index contributed by atoms with van der Waals surface area (Å²) in [5, 5.41) is 14.0. The maximum atomic E-state index is 13.9. The predicted molar refractivity (Wildman–Crippen MR) is 134 cm³/mol. The van der Waals surface area contributed by atoms with Crippen molar-refractivity contribution in [3.8, 4) is 5.75 Å². The number of aliphatic hydroxyl groups is 1. The molecule has 2 N–H and O–H groups in total. The van der Waals surface area contributed by atoms with Crippen LogP contribution in [0, 0.1) is 15.6 Å². The van der Waals surface area contributed by atoms with Gasteiger partial charge in [0, 0.05) is 11.6 Å². The summed E-state index contributed by atoms with van der Waals surface area (Å²) in [5.74, 6) is -0.763. The van der Waals surface area contributed by atoms with E-state index in [1.165, 1.54) is 42.1 Å². The van der Waals surface area contributed by atoms with Crippen molar-refractivity contribution in [2.75, 3.05) is 7.11 Å². The Morgan fingerprint density at radius 1 is 1.30 bits per heavy atom. The fourth-order valence-electron chi connectivity index (χ4n) is 3.60. The number of hydrogen-bond acceptors (Lipinski definition) is 6. The lowest BCUT2D eigenvalue weighted by Gasteiger charge is -2.20. The zero-order chi connectivity index (χ0) is 24.6. The van der Waals surface area contributed by atoms with Crippen molar-refractivity contribution in [2.24, 2.45) is 0 Å². The third-order valence-electron chi connectivity index (χ3n) is 5.29. The Kier molecular flexibility index (Phi) is 7.64. The first kappa shape index (κ1) is 25.4. The molecule has 1 amide bonds. The molecule has 2 heterocycles. The van der Waals surface area contributed by atoms with Crippen LogP contribution in [0.3, 0.4) is 0 Å². The average molecular weight is 589 g/mol. The molecule has 178 valence electrons. The van der Waals surface area contributed by atoms with Gasteiger partial charge in [-0.3, -0.25) is 14.2 Å². The zero-order valence-corrected chi connectivity index (χ0v) is 21.8. The lowest BCUT2D eigenvalue weighted by molar-refractivity contribution is -0.124. The SMILES string of the molecule is COc1ccc(F)cc1[C@@H](O)Cn1c(=O)n([C@H](C)C(=O)NC(C)C)c(=O)c2c(C)c(I)sc21. The number of aromatic nitrogens is 2. The smallest absolute Gasteiger partial charge is 0.332 e. The number of rotatable bonds is 7. The van der Waals surface area contributed by atoms with Crippen LogP contribution in [0.1, 0.15) is 44.0 Å². The topological polar surface area (TPSA) is 103 Å². The number of thiophene rings is 1. The fraction of sp³-hybridized carbons (Fsp3) is 0.409. The third kappa shape index (κ3) is 4.85. The van der Waals surface area contributed by atoms with E-state index in [1.54, 1.807) is 20.8 Å². The van der Waals surface area contributed by atoms with Crippen LogP contribution in [0.25, 0.3) is 10.2 Å². The van der Waals surface area contributed by atoms with Crippen LogP contribution in [0.4, 0.5) is 4.39 Å². The van der Waals surface area contributed by atoms with Gasteiger partial charge < -0.3 is 15.2 Å². The van der Waals surface area contributed by atoms with Crippen molar-refractivity contribution in [1.82, 2.24) is 14.5 Å². The van der Waals surface area contributed by atoms with Gasteiger partial charge in [0.15, 0.2) is 0 Å². The van der Waals surface area contributed by atoms with E-state index < -0.39 is 35.1 Å². The summed E-state index contributed by atoms with van der Waals surface area (Å²) in [6.07, 6.45) is -1.30. The van der Waals surface area contributed by atoms with Crippen LogP contribution in [0.5, 0.6) is 5.75 Å². The van der Waals surface area contributed by atoms with Crippen molar-refractivity contribution < 1.29 is 19.0 Å². The standard InChI is InChI=1S/C22H25FIN3O5S/c1-10(2)25-19(29)12(4)27-20(30)17-11(3)18(24)33-21(17)26(22(27)31)9-15(28)14-8-13(23)6-7-16(14)32-5/h6-8,10,12,15,28H,9H2,1-5H3,(H,25,29)/t12-,15+/m1/s1. The zero-order valence-electron chi connectivity index (χ0n) is 18.8. The molecule has 0 spiro atoms. The number of benzene rings is 1. The van der Waals surface area contributed by atoms with Gasteiger partial charge in [0.2, 0.25) is 5.91 Å². The number of aryl methyl sites for hydroxylation is 1. The first-order valence-electron chi connectivity index (χ1n) is 10.2. The van der Waals surface area contributed by atoms with Crippen LogP contribution < -0.4 is 21.3 Å². The minimum Gasteiger partial charge on any atom is -0.496 e. The maximum absolute atomic E-state index is 13.9. The van der Waals surface area contributed by atoms with Gasteiger partial charge in [0.1, 0.15) is 28.5 Å². The number of hydrogen-bond donors (Lipinski definition) is 2. The van der Waals surface area contributed by atoms with E-state index >= 15 is 0 Å². The first-order valence-corrected chi connectivity index (χ1v) is 12.1. The molecule has 1 aromatic carbocycles. The van der Waals surface area contributed by atoms with Gasteiger partial charge in [-0.15, -0.1) is 11.3 Å². The Bertz CT molecular complexity index is 1330. The van der Waals surface area contributed by atoms with Crippen molar-refractivity contribution >= 4 is 50.1 Å². The number of nitrogens with one attached hydrogen (secondary N) is 1. The molecule has 0 unspecified atom stereocenters. The van der Waals surface area contributed by atoms with Gasteiger partial charge in [0.25, 0.3) is 5.56 Å². The number of fused-ring (bicyclic) bond motifs is 1. The number of carbonyl (C=O) groups excluding carboxylic acids is 1. The summed E-state index contributed by atoms with van der Waals surface area (Å²) in [6.45, 7) is 6.55. The Hall–Kier alpha value is -2.25. The van der Waals surface area contributed by atoms with Gasteiger partial charge in [-0.25, -0.2) is 13.8 Å². The van der Waals surface area contributed by atoms with E-state index in [-0.39, 0.29) is 23.9 Å². The van der Waals surface area contributed by atoms with Crippen molar-refractivity contribution in [2.45, 2.75) is 52.4 Å². The highest BCUT2D eigenvalue weighted by molar-refractivity contribution is 14.1. The molecule has 2 aromatic heterocycles. The molecule has 3 rings (SSSR count). The van der Waals surface area contributed by atoms with Crippen molar-refractivity contribution in [1.29, 1.82) is 0 Å². The number of nitrogens with zero attached hydrogens (tertiary/aromatic N) is 2. The van der Waals surface area contributed by atoms with E-state index in [1.807, 2.05) is 0 Å². The highest BCUT2D eigenvalue weighted by Crippen LogP contribution is 2.31. The molecular formula is C22H25FIN3O5S. The normalized spacial score (nSPS) is 13.4. The van der Waals surface area contributed by atoms with E-state index in [9.17, 15) is 23.9 Å². The van der Waals surface area contributed by atoms with Gasteiger partial charge in [-0.1, -0.05) is 0 Å². The summed E-state index contributed by atoms with van der Waals surface area (Å²) in [5.41, 5.74) is -0.431. The van der Waals surface area contributed by atoms with E-state index in [0.29, 0.717) is 15.8 Å². The number of halogens is 2. The Labute approximate surface area is 207 Å². The van der Waals surface area contributed by atoms with Crippen LogP contribution in [-0.2, 0) is 11.3 Å². The number of methoxy groups -OCH3 is 1. The molecule has 8 nitrogen and oxygen atoms in total. The molecule has 33 heavy (non-hydrogen) atoms. The maximum Gasteiger partial charge on any atom is 0.332 e. The molecule has 2 atom stereocenters. The minimum atomic E-state index is -1.30. The second-order valence-electron chi connectivity index (χ2n) is 7.99. The fourth-order valence-corrected chi connectivity index (χ4v) is 5.52. The monoisotopic (exact) mass is 589 g/mol. The molecular weight excluding hydrogens is 564 g/mol. The Morgan fingerprint density at radius 3 is 2.58 bits per heavy atom. The molecule has 0 saturated carbocycles. The van der Waals surface area contributed by atoms with Crippen molar-refractivity contribution in [3.63, 3.8) is 0 Å². The molecule has 0 aliphatic heterocycles. The second kappa shape index (κ2) is 9.94. The third-order valence-corrected chi connectivity index (χ3v) is 7.86. The largest absolute Gasteiger partial charge is 0.496 e. The molecule has 11 heteroatoms. The molecule has 0 aliphatic rings. The second-order valence-corrected chi connectivity index (χ2v) is 10.8. The molecule has 0 bridgehead atoms. The number of carbonyl (C=O) groups is 1. The summed E-state index contributed by atoms with van der Waals surface area (Å²) in [4.78, 5) is 39.8. The van der Waals surface area contributed by atoms with Crippen LogP contribution in [0.2, 0.25) is 0 Å². The molecule has 0 saturated heterocycles.